The van der Waals surface area contributed by atoms with Gasteiger partial charge in [-0.25, -0.2) is 0 Å². The molecule has 2 fully saturated rings. The highest BCUT2D eigenvalue weighted by Gasteiger charge is 2.49. The second-order valence-corrected chi connectivity index (χ2v) is 7.68. The molecule has 144 valence electrons. The van der Waals surface area contributed by atoms with Crippen molar-refractivity contribution >= 4 is 5.97 Å². The van der Waals surface area contributed by atoms with E-state index in [1.807, 2.05) is 12.2 Å². The van der Waals surface area contributed by atoms with Crippen molar-refractivity contribution in [3.8, 4) is 0 Å². The average molecular weight is 354 g/mol. The van der Waals surface area contributed by atoms with Crippen molar-refractivity contribution in [1.29, 1.82) is 0 Å². The summed E-state index contributed by atoms with van der Waals surface area (Å²) in [5.74, 6) is -0.0331. The van der Waals surface area contributed by atoms with Gasteiger partial charge in [-0.1, -0.05) is 44.8 Å². The van der Waals surface area contributed by atoms with E-state index < -0.39 is 18.2 Å². The van der Waals surface area contributed by atoms with Crippen molar-refractivity contribution < 1.29 is 24.9 Å². The number of aliphatic carboxylic acids is 1. The molecule has 1 aliphatic carbocycles. The fourth-order valence-electron chi connectivity index (χ4n) is 4.38. The van der Waals surface area contributed by atoms with Crippen LogP contribution in [0.5, 0.6) is 0 Å². The fourth-order valence-corrected chi connectivity index (χ4v) is 4.38. The van der Waals surface area contributed by atoms with Crippen molar-refractivity contribution in [1.82, 2.24) is 0 Å². The molecule has 6 atom stereocenters. The molecule has 5 nitrogen and oxygen atoms in total. The topological polar surface area (TPSA) is 87.0 Å². The SMILES string of the molecule is CCCCC[C@H](O)/C=C/[C@@H]1[C@H]2[C@@H](CCCCC(=O)O)CO[C@H]2C[C@H]1O. The minimum Gasteiger partial charge on any atom is -0.481 e. The largest absolute Gasteiger partial charge is 0.481 e. The van der Waals surface area contributed by atoms with Crippen molar-refractivity contribution in [3.05, 3.63) is 12.2 Å². The number of hydrogen-bond donors (Lipinski definition) is 3. The first kappa shape index (κ1) is 20.4. The number of aliphatic hydroxyl groups excluding tert-OH is 2. The second-order valence-electron chi connectivity index (χ2n) is 7.68. The fraction of sp³-hybridized carbons (Fsp3) is 0.850. The number of hydrogen-bond acceptors (Lipinski definition) is 4. The Kier molecular flexibility index (Phi) is 8.40. The maximum Gasteiger partial charge on any atom is 0.303 e. The van der Waals surface area contributed by atoms with E-state index in [-0.39, 0.29) is 18.4 Å². The molecule has 2 rings (SSSR count). The molecule has 1 aliphatic heterocycles. The maximum absolute atomic E-state index is 10.6. The van der Waals surface area contributed by atoms with Crippen molar-refractivity contribution in [3.63, 3.8) is 0 Å². The molecule has 0 aromatic rings. The zero-order valence-corrected chi connectivity index (χ0v) is 15.3. The van der Waals surface area contributed by atoms with Gasteiger partial charge in [-0.2, -0.15) is 0 Å². The molecule has 2 aliphatic rings. The van der Waals surface area contributed by atoms with E-state index in [1.165, 1.54) is 0 Å². The molecule has 1 saturated carbocycles. The summed E-state index contributed by atoms with van der Waals surface area (Å²) >= 11 is 0. The van der Waals surface area contributed by atoms with E-state index in [9.17, 15) is 15.0 Å². The van der Waals surface area contributed by atoms with Gasteiger partial charge in [0.1, 0.15) is 0 Å². The highest BCUT2D eigenvalue weighted by atomic mass is 16.5. The quantitative estimate of drug-likeness (QED) is 0.392. The Morgan fingerprint density at radius 3 is 2.80 bits per heavy atom. The van der Waals surface area contributed by atoms with E-state index in [0.29, 0.717) is 31.3 Å². The molecule has 1 heterocycles. The summed E-state index contributed by atoms with van der Waals surface area (Å²) in [6.07, 6.45) is 10.6. The summed E-state index contributed by atoms with van der Waals surface area (Å²) in [5.41, 5.74) is 0. The van der Waals surface area contributed by atoms with Crippen molar-refractivity contribution in [2.24, 2.45) is 17.8 Å². The smallest absolute Gasteiger partial charge is 0.303 e. The molecule has 1 saturated heterocycles. The van der Waals surface area contributed by atoms with Gasteiger partial charge >= 0.3 is 5.97 Å². The molecule has 25 heavy (non-hydrogen) atoms. The molecule has 0 amide bonds. The lowest BCUT2D eigenvalue weighted by Gasteiger charge is -2.23. The van der Waals surface area contributed by atoms with Gasteiger partial charge in [0, 0.05) is 18.8 Å². The van der Waals surface area contributed by atoms with Gasteiger partial charge in [0.25, 0.3) is 0 Å². The minimum absolute atomic E-state index is 0.0396. The first-order valence-corrected chi connectivity index (χ1v) is 9.90. The van der Waals surface area contributed by atoms with Crippen LogP contribution in [-0.2, 0) is 9.53 Å². The van der Waals surface area contributed by atoms with E-state index in [0.717, 1.165) is 38.5 Å². The number of carboxylic acid groups (broad SMARTS) is 1. The number of rotatable bonds is 11. The lowest BCUT2D eigenvalue weighted by Crippen LogP contribution is -2.24. The van der Waals surface area contributed by atoms with Crippen LogP contribution in [0, 0.1) is 17.8 Å². The van der Waals surface area contributed by atoms with E-state index >= 15 is 0 Å². The zero-order chi connectivity index (χ0) is 18.2. The molecular formula is C20H34O5. The lowest BCUT2D eigenvalue weighted by molar-refractivity contribution is -0.137. The third-order valence-electron chi connectivity index (χ3n) is 5.74. The first-order valence-electron chi connectivity index (χ1n) is 9.90. The zero-order valence-electron chi connectivity index (χ0n) is 15.3. The summed E-state index contributed by atoms with van der Waals surface area (Å²) in [7, 11) is 0. The molecular weight excluding hydrogens is 320 g/mol. The van der Waals surface area contributed by atoms with Gasteiger partial charge in [-0.3, -0.25) is 4.79 Å². The van der Waals surface area contributed by atoms with Gasteiger partial charge in [-0.15, -0.1) is 0 Å². The summed E-state index contributed by atoms with van der Waals surface area (Å²) in [6.45, 7) is 2.85. The Morgan fingerprint density at radius 2 is 2.08 bits per heavy atom. The van der Waals surface area contributed by atoms with Crippen LogP contribution in [-0.4, -0.2) is 46.2 Å². The Morgan fingerprint density at radius 1 is 1.28 bits per heavy atom. The summed E-state index contributed by atoms with van der Waals surface area (Å²) in [6, 6.07) is 0. The van der Waals surface area contributed by atoms with Crippen molar-refractivity contribution in [2.45, 2.75) is 83.0 Å². The average Bonchev–Trinajstić information content (AvgIpc) is 3.08. The van der Waals surface area contributed by atoms with Crippen LogP contribution in [0.15, 0.2) is 12.2 Å². The number of carboxylic acids is 1. The number of aliphatic hydroxyl groups is 2. The Hall–Kier alpha value is -0.910. The lowest BCUT2D eigenvalue weighted by atomic mass is 9.81. The van der Waals surface area contributed by atoms with Crippen LogP contribution in [0.25, 0.3) is 0 Å². The van der Waals surface area contributed by atoms with Crippen LogP contribution in [0.1, 0.15) is 64.7 Å². The molecule has 0 aromatic carbocycles. The third kappa shape index (κ3) is 6.08. The van der Waals surface area contributed by atoms with Crippen LogP contribution in [0.4, 0.5) is 0 Å². The summed E-state index contributed by atoms with van der Waals surface area (Å²) in [4.78, 5) is 10.6. The van der Waals surface area contributed by atoms with Gasteiger partial charge in [0.2, 0.25) is 0 Å². The molecule has 0 aromatic heterocycles. The van der Waals surface area contributed by atoms with Crippen LogP contribution >= 0.6 is 0 Å². The number of carbonyl (C=O) groups is 1. The highest BCUT2D eigenvalue weighted by Crippen LogP contribution is 2.46. The Labute approximate surface area is 151 Å². The first-order chi connectivity index (χ1) is 12.0. The standard InChI is InChI=1S/C20H34O5/c1-2-3-4-8-15(21)10-11-16-17(22)12-18-20(16)14(13-25-18)7-5-6-9-19(23)24/h10-11,14-18,20-22H,2-9,12-13H2,1H3,(H,23,24)/b11-10+/t14-,15-,16-,17+,18-,20+/m0/s1. The van der Waals surface area contributed by atoms with Crippen molar-refractivity contribution in [2.75, 3.05) is 6.61 Å². The minimum atomic E-state index is -0.741. The summed E-state index contributed by atoms with van der Waals surface area (Å²) < 4.78 is 5.88. The number of ether oxygens (including phenoxy) is 1. The second kappa shape index (κ2) is 10.3. The highest BCUT2D eigenvalue weighted by molar-refractivity contribution is 5.66. The monoisotopic (exact) mass is 354 g/mol. The third-order valence-corrected chi connectivity index (χ3v) is 5.74. The number of unbranched alkanes of at least 4 members (excludes halogenated alkanes) is 3. The molecule has 0 unspecified atom stereocenters. The van der Waals surface area contributed by atoms with E-state index in [2.05, 4.69) is 6.92 Å². The molecule has 5 heteroatoms. The van der Waals surface area contributed by atoms with Crippen LogP contribution in [0.2, 0.25) is 0 Å². The predicted molar refractivity (Wildman–Crippen MR) is 96.2 cm³/mol. The molecule has 0 spiro atoms. The number of fused-ring (bicyclic) bond motifs is 1. The predicted octanol–water partition coefficient (Wildman–Crippen LogP) is 3.14. The normalized spacial score (nSPS) is 33.0. The van der Waals surface area contributed by atoms with Crippen LogP contribution in [0.3, 0.4) is 0 Å². The molecule has 0 radical (unpaired) electrons. The van der Waals surface area contributed by atoms with E-state index in [1.54, 1.807) is 0 Å². The van der Waals surface area contributed by atoms with Crippen LogP contribution < -0.4 is 0 Å². The van der Waals surface area contributed by atoms with Gasteiger partial charge in [0.05, 0.1) is 24.9 Å². The van der Waals surface area contributed by atoms with E-state index in [4.69, 9.17) is 9.84 Å². The Bertz CT molecular complexity index is 436. The van der Waals surface area contributed by atoms with Gasteiger partial charge in [-0.05, 0) is 31.1 Å². The molecule has 3 N–H and O–H groups in total. The Balaban J connectivity index is 1.85. The molecule has 0 bridgehead atoms. The van der Waals surface area contributed by atoms with Gasteiger partial charge < -0.3 is 20.1 Å². The summed E-state index contributed by atoms with van der Waals surface area (Å²) in [5, 5.41) is 29.2. The van der Waals surface area contributed by atoms with Gasteiger partial charge in [0.15, 0.2) is 0 Å². The maximum atomic E-state index is 10.6.